The van der Waals surface area contributed by atoms with Crippen LogP contribution in [0.3, 0.4) is 0 Å². The molecule has 0 aliphatic heterocycles. The lowest BCUT2D eigenvalue weighted by Crippen LogP contribution is -2.33. The van der Waals surface area contributed by atoms with E-state index in [-0.39, 0.29) is 6.54 Å². The summed E-state index contributed by atoms with van der Waals surface area (Å²) in [5.41, 5.74) is 11.3. The first-order valence-corrected chi connectivity index (χ1v) is 14.1. The van der Waals surface area contributed by atoms with Crippen molar-refractivity contribution in [2.75, 3.05) is 26.2 Å². The number of nitrogens with two attached hydrogens (primary N) is 1. The molecule has 0 atom stereocenters. The molecule has 2 amide bonds. The van der Waals surface area contributed by atoms with E-state index in [2.05, 4.69) is 104 Å². The average molecular weight is 528 g/mol. The standard InChI is InChI=1S/C20H31N3O2.C14H14/c1-3-14-22(15-4-2)16-7-9-19-12-10-18(11-13-19)8-5-6-17-23(25)20(21)24;1-12-7-9-14(10-8-12)11-13-5-3-2-4-6-13/h10-13,25H,3-4,6-7,9,14-17H2,1-2H3,(H2,21,24);2-10H,11H2,1H3. The van der Waals surface area contributed by atoms with Gasteiger partial charge in [0.2, 0.25) is 0 Å². The molecule has 5 nitrogen and oxygen atoms in total. The summed E-state index contributed by atoms with van der Waals surface area (Å²) in [5.74, 6) is 5.95. The summed E-state index contributed by atoms with van der Waals surface area (Å²) in [6, 6.07) is 26.7. The van der Waals surface area contributed by atoms with E-state index in [1.807, 2.05) is 12.1 Å². The Balaban J connectivity index is 0.000000318. The third-order valence-corrected chi connectivity index (χ3v) is 6.28. The SMILES string of the molecule is CCCN(CCC)CCCc1ccc(C#CCCN(O)C(N)=O)cc1.Cc1ccc(Cc2ccccc2)cc1. The monoisotopic (exact) mass is 527 g/mol. The Morgan fingerprint density at radius 2 is 1.38 bits per heavy atom. The summed E-state index contributed by atoms with van der Waals surface area (Å²) in [4.78, 5) is 13.2. The van der Waals surface area contributed by atoms with E-state index in [1.165, 1.54) is 54.6 Å². The number of rotatable bonds is 12. The van der Waals surface area contributed by atoms with Gasteiger partial charge in [0, 0.05) is 12.0 Å². The lowest BCUT2D eigenvalue weighted by Gasteiger charge is -2.20. The Morgan fingerprint density at radius 1 is 0.795 bits per heavy atom. The first-order chi connectivity index (χ1) is 18.9. The van der Waals surface area contributed by atoms with Crippen LogP contribution in [0.25, 0.3) is 0 Å². The van der Waals surface area contributed by atoms with E-state index in [4.69, 9.17) is 10.9 Å². The number of urea groups is 1. The van der Waals surface area contributed by atoms with Crippen LogP contribution in [-0.2, 0) is 12.8 Å². The number of carbonyl (C=O) groups is 1. The highest BCUT2D eigenvalue weighted by atomic mass is 16.5. The Labute approximate surface area is 235 Å². The van der Waals surface area contributed by atoms with E-state index in [9.17, 15) is 4.79 Å². The van der Waals surface area contributed by atoms with Crippen molar-refractivity contribution in [2.24, 2.45) is 5.73 Å². The fraction of sp³-hybridized carbons (Fsp3) is 0.382. The van der Waals surface area contributed by atoms with Crippen molar-refractivity contribution < 1.29 is 10.0 Å². The van der Waals surface area contributed by atoms with Crippen molar-refractivity contribution >= 4 is 6.03 Å². The zero-order chi connectivity index (χ0) is 28.3. The Morgan fingerprint density at radius 3 is 1.97 bits per heavy atom. The molecule has 0 radical (unpaired) electrons. The van der Waals surface area contributed by atoms with Crippen LogP contribution in [0.15, 0.2) is 78.9 Å². The van der Waals surface area contributed by atoms with Gasteiger partial charge in [0.05, 0.1) is 6.54 Å². The van der Waals surface area contributed by atoms with Crippen LogP contribution >= 0.6 is 0 Å². The van der Waals surface area contributed by atoms with Crippen LogP contribution < -0.4 is 5.73 Å². The highest BCUT2D eigenvalue weighted by molar-refractivity contribution is 5.70. The minimum absolute atomic E-state index is 0.117. The molecule has 0 bridgehead atoms. The Bertz CT molecular complexity index is 1130. The summed E-state index contributed by atoms with van der Waals surface area (Å²) in [7, 11) is 0. The first-order valence-electron chi connectivity index (χ1n) is 14.1. The molecule has 39 heavy (non-hydrogen) atoms. The topological polar surface area (TPSA) is 69.8 Å². The molecule has 0 spiro atoms. The Hall–Kier alpha value is -3.59. The van der Waals surface area contributed by atoms with Gasteiger partial charge in [0.25, 0.3) is 0 Å². The van der Waals surface area contributed by atoms with Gasteiger partial charge in [0.1, 0.15) is 0 Å². The fourth-order valence-electron chi connectivity index (χ4n) is 4.20. The number of hydrogen-bond acceptors (Lipinski definition) is 3. The summed E-state index contributed by atoms with van der Waals surface area (Å²) in [6.45, 7) is 10.2. The minimum Gasteiger partial charge on any atom is -0.350 e. The number of hydrogen-bond donors (Lipinski definition) is 2. The maximum atomic E-state index is 10.6. The van der Waals surface area contributed by atoms with Gasteiger partial charge < -0.3 is 10.6 Å². The van der Waals surface area contributed by atoms with E-state index in [0.717, 1.165) is 24.9 Å². The highest BCUT2D eigenvalue weighted by Crippen LogP contribution is 2.10. The molecule has 3 N–H and O–H groups in total. The normalized spacial score (nSPS) is 10.3. The number of primary amides is 1. The first kappa shape index (κ1) is 31.6. The number of hydroxylamine groups is 2. The summed E-state index contributed by atoms with van der Waals surface area (Å²) < 4.78 is 0. The van der Waals surface area contributed by atoms with Crippen LogP contribution in [0, 0.1) is 18.8 Å². The van der Waals surface area contributed by atoms with Crippen molar-refractivity contribution in [2.45, 2.75) is 59.3 Å². The predicted octanol–water partition coefficient (Wildman–Crippen LogP) is 6.84. The van der Waals surface area contributed by atoms with E-state index >= 15 is 0 Å². The smallest absolute Gasteiger partial charge is 0.338 e. The van der Waals surface area contributed by atoms with Gasteiger partial charge in [-0.25, -0.2) is 9.86 Å². The van der Waals surface area contributed by atoms with Gasteiger partial charge in [-0.1, -0.05) is 98.0 Å². The molecule has 0 aliphatic rings. The molecule has 0 heterocycles. The van der Waals surface area contributed by atoms with Crippen LogP contribution in [0.1, 0.15) is 67.3 Å². The molecule has 0 aromatic heterocycles. The third-order valence-electron chi connectivity index (χ3n) is 6.28. The van der Waals surface area contributed by atoms with Gasteiger partial charge in [-0.05, 0) is 87.5 Å². The molecule has 3 aromatic rings. The summed E-state index contributed by atoms with van der Waals surface area (Å²) >= 11 is 0. The Kier molecular flexibility index (Phi) is 15.1. The van der Waals surface area contributed by atoms with Crippen LogP contribution in [0.5, 0.6) is 0 Å². The van der Waals surface area contributed by atoms with Crippen LogP contribution in [0.2, 0.25) is 0 Å². The molecule has 0 unspecified atom stereocenters. The number of nitrogens with zero attached hydrogens (tertiary/aromatic N) is 2. The maximum absolute atomic E-state index is 10.6. The second-order valence-electron chi connectivity index (χ2n) is 9.80. The molecule has 0 fully saturated rings. The molecule has 208 valence electrons. The van der Waals surface area contributed by atoms with Crippen molar-refractivity contribution in [1.29, 1.82) is 0 Å². The van der Waals surface area contributed by atoms with Crippen molar-refractivity contribution in [3.63, 3.8) is 0 Å². The van der Waals surface area contributed by atoms with Crippen molar-refractivity contribution in [1.82, 2.24) is 9.96 Å². The zero-order valence-corrected chi connectivity index (χ0v) is 23.9. The summed E-state index contributed by atoms with van der Waals surface area (Å²) in [6.07, 6.45) is 6.08. The summed E-state index contributed by atoms with van der Waals surface area (Å²) in [5, 5.41) is 9.61. The molecule has 0 aliphatic carbocycles. The fourth-order valence-corrected chi connectivity index (χ4v) is 4.20. The number of aryl methyl sites for hydroxylation is 2. The second-order valence-corrected chi connectivity index (χ2v) is 9.80. The quantitative estimate of drug-likeness (QED) is 0.154. The lowest BCUT2D eigenvalue weighted by molar-refractivity contribution is -0.0372. The predicted molar refractivity (Wildman–Crippen MR) is 162 cm³/mol. The largest absolute Gasteiger partial charge is 0.350 e. The van der Waals surface area contributed by atoms with E-state index in [0.29, 0.717) is 11.5 Å². The molecule has 5 heteroatoms. The number of carbonyl (C=O) groups excluding carboxylic acids is 1. The number of benzene rings is 3. The third kappa shape index (κ3) is 13.7. The maximum Gasteiger partial charge on any atom is 0.338 e. The van der Waals surface area contributed by atoms with E-state index < -0.39 is 6.03 Å². The van der Waals surface area contributed by atoms with Crippen molar-refractivity contribution in [3.8, 4) is 11.8 Å². The van der Waals surface area contributed by atoms with Gasteiger partial charge >= 0.3 is 6.03 Å². The molecule has 0 saturated heterocycles. The molecule has 3 aromatic carbocycles. The van der Waals surface area contributed by atoms with E-state index in [1.54, 1.807) is 0 Å². The molecular weight excluding hydrogens is 482 g/mol. The van der Waals surface area contributed by atoms with Gasteiger partial charge in [-0.2, -0.15) is 0 Å². The lowest BCUT2D eigenvalue weighted by atomic mass is 10.0. The van der Waals surface area contributed by atoms with Gasteiger partial charge in [-0.3, -0.25) is 5.21 Å². The number of amides is 2. The molecule has 3 rings (SSSR count). The van der Waals surface area contributed by atoms with Crippen LogP contribution in [-0.4, -0.2) is 47.4 Å². The zero-order valence-electron chi connectivity index (χ0n) is 23.9. The van der Waals surface area contributed by atoms with Gasteiger partial charge in [-0.15, -0.1) is 0 Å². The molecule has 0 saturated carbocycles. The minimum atomic E-state index is -0.859. The highest BCUT2D eigenvalue weighted by Gasteiger charge is 2.03. The average Bonchev–Trinajstić information content (AvgIpc) is 2.94. The van der Waals surface area contributed by atoms with Crippen LogP contribution in [0.4, 0.5) is 4.79 Å². The van der Waals surface area contributed by atoms with Crippen molar-refractivity contribution in [3.05, 3.63) is 107 Å². The molecular formula is C34H45N3O2. The van der Waals surface area contributed by atoms with Gasteiger partial charge in [0.15, 0.2) is 0 Å². The second kappa shape index (κ2) is 18.6.